The van der Waals surface area contributed by atoms with Gasteiger partial charge in [-0.25, -0.2) is 0 Å². The van der Waals surface area contributed by atoms with E-state index in [2.05, 4.69) is 40.6 Å². The maximum atomic E-state index is 4.47. The van der Waals surface area contributed by atoms with E-state index in [1.807, 2.05) is 18.3 Å². The first kappa shape index (κ1) is 10.3. The number of aryl methyl sites for hydroxylation is 1. The highest BCUT2D eigenvalue weighted by molar-refractivity contribution is 5.44. The molecule has 0 fully saturated rings. The number of anilines is 1. The van der Waals surface area contributed by atoms with Crippen LogP contribution in [0.1, 0.15) is 17.7 Å². The molecule has 0 bridgehead atoms. The molecule has 1 aliphatic rings. The number of pyridine rings is 1. The van der Waals surface area contributed by atoms with Crippen LogP contribution in [0.3, 0.4) is 0 Å². The van der Waals surface area contributed by atoms with Gasteiger partial charge in [-0.2, -0.15) is 0 Å². The molecule has 0 aliphatic heterocycles. The summed E-state index contributed by atoms with van der Waals surface area (Å²) in [5, 5.41) is 3.58. The quantitative estimate of drug-likeness (QED) is 0.848. The fourth-order valence-corrected chi connectivity index (χ4v) is 2.44. The molecule has 1 heterocycles. The summed E-state index contributed by atoms with van der Waals surface area (Å²) >= 11 is 0. The van der Waals surface area contributed by atoms with Gasteiger partial charge < -0.3 is 5.32 Å². The van der Waals surface area contributed by atoms with Crippen molar-refractivity contribution < 1.29 is 0 Å². The van der Waals surface area contributed by atoms with Crippen molar-refractivity contribution in [2.24, 2.45) is 0 Å². The van der Waals surface area contributed by atoms with Crippen LogP contribution in [0.25, 0.3) is 0 Å². The summed E-state index contributed by atoms with van der Waals surface area (Å²) < 4.78 is 0. The van der Waals surface area contributed by atoms with Crippen LogP contribution in [-0.4, -0.2) is 11.0 Å². The van der Waals surface area contributed by atoms with Crippen LogP contribution in [0.4, 0.5) is 5.69 Å². The molecule has 1 aromatic heterocycles. The molecule has 86 valence electrons. The molecule has 1 unspecified atom stereocenters. The van der Waals surface area contributed by atoms with Crippen molar-refractivity contribution in [3.8, 4) is 0 Å². The molecule has 1 N–H and O–H groups in total. The number of fused-ring (bicyclic) bond motifs is 1. The van der Waals surface area contributed by atoms with E-state index < -0.39 is 0 Å². The number of rotatable bonds is 2. The Balaban J connectivity index is 1.72. The topological polar surface area (TPSA) is 24.9 Å². The number of aromatic nitrogens is 1. The van der Waals surface area contributed by atoms with Gasteiger partial charge in [0.25, 0.3) is 0 Å². The molecule has 3 rings (SSSR count). The molecule has 2 heteroatoms. The Bertz CT molecular complexity index is 493. The lowest BCUT2D eigenvalue weighted by molar-refractivity contribution is 0.598. The average Bonchev–Trinajstić information content (AvgIpc) is 2.40. The smallest absolute Gasteiger partial charge is 0.0455 e. The van der Waals surface area contributed by atoms with E-state index in [-0.39, 0.29) is 0 Å². The lowest BCUT2D eigenvalue weighted by Gasteiger charge is -2.25. The molecule has 2 nitrogen and oxygen atoms in total. The summed E-state index contributed by atoms with van der Waals surface area (Å²) in [4.78, 5) is 4.47. The number of hydrogen-bond acceptors (Lipinski definition) is 2. The van der Waals surface area contributed by atoms with Crippen molar-refractivity contribution in [1.82, 2.24) is 4.98 Å². The number of hydrogen-bond donors (Lipinski definition) is 1. The first-order chi connectivity index (χ1) is 8.42. The van der Waals surface area contributed by atoms with Gasteiger partial charge in [0.05, 0.1) is 0 Å². The molecule has 2 aromatic rings. The fourth-order valence-electron chi connectivity index (χ4n) is 2.44. The highest BCUT2D eigenvalue weighted by Crippen LogP contribution is 2.21. The molecule has 17 heavy (non-hydrogen) atoms. The van der Waals surface area contributed by atoms with Crippen molar-refractivity contribution in [1.29, 1.82) is 0 Å². The Hall–Kier alpha value is -1.83. The number of para-hydroxylation sites is 1. The van der Waals surface area contributed by atoms with E-state index in [0.29, 0.717) is 6.04 Å². The van der Waals surface area contributed by atoms with Gasteiger partial charge in [0.2, 0.25) is 0 Å². The molecule has 1 aromatic carbocycles. The Labute approximate surface area is 102 Å². The molecule has 0 amide bonds. The van der Waals surface area contributed by atoms with Crippen molar-refractivity contribution in [3.63, 3.8) is 0 Å². The zero-order valence-corrected chi connectivity index (χ0v) is 9.76. The van der Waals surface area contributed by atoms with Gasteiger partial charge in [-0.05, 0) is 36.6 Å². The zero-order chi connectivity index (χ0) is 11.5. The number of benzene rings is 1. The second-order valence-electron chi connectivity index (χ2n) is 4.56. The van der Waals surface area contributed by atoms with Crippen LogP contribution < -0.4 is 5.32 Å². The molecule has 0 saturated heterocycles. The minimum atomic E-state index is 0.514. The van der Waals surface area contributed by atoms with Crippen LogP contribution in [0, 0.1) is 0 Å². The van der Waals surface area contributed by atoms with E-state index in [9.17, 15) is 0 Å². The zero-order valence-electron chi connectivity index (χ0n) is 9.76. The minimum absolute atomic E-state index is 0.514. The first-order valence-electron chi connectivity index (χ1n) is 6.16. The van der Waals surface area contributed by atoms with Gasteiger partial charge in [-0.3, -0.25) is 4.98 Å². The molecule has 0 saturated carbocycles. The SMILES string of the molecule is c1ccc(NC2CCc3cccnc3C2)cc1. The van der Waals surface area contributed by atoms with Crippen LogP contribution in [0.2, 0.25) is 0 Å². The molecular weight excluding hydrogens is 208 g/mol. The maximum Gasteiger partial charge on any atom is 0.0455 e. The molecule has 1 aliphatic carbocycles. The van der Waals surface area contributed by atoms with Gasteiger partial charge in [0.1, 0.15) is 0 Å². The predicted octanol–water partition coefficient (Wildman–Crippen LogP) is 3.05. The largest absolute Gasteiger partial charge is 0.382 e. The van der Waals surface area contributed by atoms with Gasteiger partial charge >= 0.3 is 0 Å². The van der Waals surface area contributed by atoms with E-state index in [1.165, 1.54) is 23.4 Å². The van der Waals surface area contributed by atoms with Crippen LogP contribution >= 0.6 is 0 Å². The van der Waals surface area contributed by atoms with Crippen LogP contribution in [-0.2, 0) is 12.8 Å². The summed E-state index contributed by atoms with van der Waals surface area (Å²) in [7, 11) is 0. The number of nitrogens with one attached hydrogen (secondary N) is 1. The van der Waals surface area contributed by atoms with E-state index in [4.69, 9.17) is 0 Å². The van der Waals surface area contributed by atoms with Gasteiger partial charge in [0, 0.05) is 30.0 Å². The van der Waals surface area contributed by atoms with Crippen molar-refractivity contribution in [3.05, 3.63) is 59.9 Å². The third-order valence-electron chi connectivity index (χ3n) is 3.33. The highest BCUT2D eigenvalue weighted by Gasteiger charge is 2.18. The Morgan fingerprint density at radius 1 is 1.06 bits per heavy atom. The lowest BCUT2D eigenvalue weighted by Crippen LogP contribution is -2.27. The van der Waals surface area contributed by atoms with E-state index >= 15 is 0 Å². The third-order valence-corrected chi connectivity index (χ3v) is 3.33. The summed E-state index contributed by atoms with van der Waals surface area (Å²) in [5.74, 6) is 0. The monoisotopic (exact) mass is 224 g/mol. The van der Waals surface area contributed by atoms with Gasteiger partial charge in [-0.15, -0.1) is 0 Å². The standard InChI is InChI=1S/C15H16N2/c1-2-6-13(7-3-1)17-14-9-8-12-5-4-10-16-15(12)11-14/h1-7,10,14,17H,8-9,11H2. The summed E-state index contributed by atoms with van der Waals surface area (Å²) in [6.45, 7) is 0. The normalized spacial score (nSPS) is 18.5. The number of nitrogens with zero attached hydrogens (tertiary/aromatic N) is 1. The molecule has 1 atom stereocenters. The van der Waals surface area contributed by atoms with Crippen LogP contribution in [0.15, 0.2) is 48.7 Å². The molecule has 0 spiro atoms. The fraction of sp³-hybridized carbons (Fsp3) is 0.267. The first-order valence-corrected chi connectivity index (χ1v) is 6.16. The lowest BCUT2D eigenvalue weighted by atomic mass is 9.92. The summed E-state index contributed by atoms with van der Waals surface area (Å²) in [5.41, 5.74) is 3.88. The Morgan fingerprint density at radius 3 is 2.82 bits per heavy atom. The van der Waals surface area contributed by atoms with Gasteiger partial charge in [-0.1, -0.05) is 24.3 Å². The van der Waals surface area contributed by atoms with E-state index in [1.54, 1.807) is 0 Å². The average molecular weight is 224 g/mol. The van der Waals surface area contributed by atoms with Crippen molar-refractivity contribution >= 4 is 5.69 Å². The Kier molecular flexibility index (Phi) is 2.78. The molecular formula is C15H16N2. The minimum Gasteiger partial charge on any atom is -0.382 e. The third kappa shape index (κ3) is 2.31. The summed E-state index contributed by atoms with van der Waals surface area (Å²) in [6, 6.07) is 15.2. The van der Waals surface area contributed by atoms with Crippen molar-refractivity contribution in [2.45, 2.75) is 25.3 Å². The molecule has 0 radical (unpaired) electrons. The Morgan fingerprint density at radius 2 is 1.94 bits per heavy atom. The van der Waals surface area contributed by atoms with Gasteiger partial charge in [0.15, 0.2) is 0 Å². The maximum absolute atomic E-state index is 4.47. The summed E-state index contributed by atoms with van der Waals surface area (Å²) in [6.07, 6.45) is 5.25. The van der Waals surface area contributed by atoms with Crippen LogP contribution in [0.5, 0.6) is 0 Å². The highest BCUT2D eigenvalue weighted by atomic mass is 14.9. The predicted molar refractivity (Wildman–Crippen MR) is 70.1 cm³/mol. The second kappa shape index (κ2) is 4.58. The van der Waals surface area contributed by atoms with Crippen molar-refractivity contribution in [2.75, 3.05) is 5.32 Å². The second-order valence-corrected chi connectivity index (χ2v) is 4.56. The van der Waals surface area contributed by atoms with E-state index in [0.717, 1.165) is 12.8 Å².